The molecule has 5 fully saturated rings. The van der Waals surface area contributed by atoms with Crippen molar-refractivity contribution >= 4 is 51.4 Å². The molecule has 2 atom stereocenters. The van der Waals surface area contributed by atoms with E-state index in [0.717, 1.165) is 93.1 Å². The summed E-state index contributed by atoms with van der Waals surface area (Å²) in [5, 5.41) is 12.5. The Kier molecular flexibility index (Phi) is 10.8. The van der Waals surface area contributed by atoms with Crippen LogP contribution >= 0.6 is 11.1 Å². The number of hydrazine groups is 1. The number of carbonyl (C=O) groups excluding carboxylic acids is 6. The second-order valence-corrected chi connectivity index (χ2v) is 21.4. The van der Waals surface area contributed by atoms with Gasteiger partial charge in [0.2, 0.25) is 16.9 Å². The molecular formula is C48H49F4N7O7S. The number of anilines is 1. The number of ether oxygens (including phenoxy) is 1. The largest absolute Gasteiger partial charge is 0.492 e. The van der Waals surface area contributed by atoms with Crippen molar-refractivity contribution in [1.29, 1.82) is 5.26 Å². The van der Waals surface area contributed by atoms with Crippen LogP contribution in [0.15, 0.2) is 53.4 Å². The van der Waals surface area contributed by atoms with Crippen molar-refractivity contribution in [2.45, 2.75) is 112 Å². The molecule has 2 N–H and O–H groups in total. The predicted molar refractivity (Wildman–Crippen MR) is 235 cm³/mol. The number of rotatable bonds is 5. The van der Waals surface area contributed by atoms with Gasteiger partial charge in [-0.2, -0.15) is 23.3 Å². The molecule has 2 unspecified atom stereocenters. The molecule has 0 bridgehead atoms. The quantitative estimate of drug-likeness (QED) is 0.149. The van der Waals surface area contributed by atoms with Gasteiger partial charge in [0, 0.05) is 41.4 Å². The molecule has 3 aromatic carbocycles. The molecule has 10 rings (SSSR count). The monoisotopic (exact) mass is 943 g/mol. The normalized spacial score (nSPS) is 25.3. The highest BCUT2D eigenvalue weighted by molar-refractivity contribution is 8.28. The SMILES string of the molecule is CC1(C)C(=O)[SH](c2ccc(C#N)c(C(F)(F)F)c2)NN1c1ccc(C(=O)N2CCC3(CCC(N4CCC5(CC4)COc4cc6c(cc45)C(=O)N(C4CCC(=O)NC4=O)C6=O)CC3)CC2)c(F)c1. The minimum absolute atomic E-state index is 0.0494. The van der Waals surface area contributed by atoms with E-state index >= 15 is 4.39 Å². The molecule has 0 aromatic heterocycles. The van der Waals surface area contributed by atoms with E-state index in [1.807, 2.05) is 0 Å². The van der Waals surface area contributed by atoms with Gasteiger partial charge >= 0.3 is 6.18 Å². The number of thiol groups is 1. The van der Waals surface area contributed by atoms with Crippen LogP contribution in [0, 0.1) is 22.6 Å². The number of halogens is 4. The predicted octanol–water partition coefficient (Wildman–Crippen LogP) is 6.31. The number of hydrogen-bond donors (Lipinski definition) is 3. The summed E-state index contributed by atoms with van der Waals surface area (Å²) in [6.45, 7) is 6.31. The van der Waals surface area contributed by atoms with E-state index in [2.05, 4.69) is 15.0 Å². The summed E-state index contributed by atoms with van der Waals surface area (Å²) < 4.78 is 63.3. The third kappa shape index (κ3) is 7.46. The molecule has 1 saturated carbocycles. The lowest BCUT2D eigenvalue weighted by atomic mass is 9.66. The summed E-state index contributed by atoms with van der Waals surface area (Å²) >= 11 is -2.02. The second kappa shape index (κ2) is 16.2. The van der Waals surface area contributed by atoms with E-state index in [4.69, 9.17) is 4.74 Å². The molecule has 1 aliphatic carbocycles. The van der Waals surface area contributed by atoms with Crippen molar-refractivity contribution in [2.75, 3.05) is 37.8 Å². The number of nitrogens with one attached hydrogen (secondary N) is 2. The molecular weight excluding hydrogens is 895 g/mol. The van der Waals surface area contributed by atoms with E-state index in [0.29, 0.717) is 31.5 Å². The Bertz CT molecular complexity index is 2700. The van der Waals surface area contributed by atoms with Crippen molar-refractivity contribution in [1.82, 2.24) is 24.8 Å². The minimum Gasteiger partial charge on any atom is -0.492 e. The molecule has 0 radical (unpaired) electrons. The molecule has 4 saturated heterocycles. The van der Waals surface area contributed by atoms with Gasteiger partial charge in [-0.1, -0.05) is 11.1 Å². The van der Waals surface area contributed by atoms with Crippen LogP contribution in [0.1, 0.15) is 126 Å². The maximum atomic E-state index is 15.9. The van der Waals surface area contributed by atoms with Crippen LogP contribution in [0.2, 0.25) is 0 Å². The van der Waals surface area contributed by atoms with Crippen LogP contribution in [0.25, 0.3) is 0 Å². The summed E-state index contributed by atoms with van der Waals surface area (Å²) in [7, 11) is 0. The van der Waals surface area contributed by atoms with Crippen LogP contribution < -0.4 is 19.9 Å². The molecule has 67 heavy (non-hydrogen) atoms. The number of imide groups is 2. The Labute approximate surface area is 386 Å². The van der Waals surface area contributed by atoms with Gasteiger partial charge in [0.1, 0.15) is 23.1 Å². The Morgan fingerprint density at radius 1 is 0.866 bits per heavy atom. The number of piperidine rings is 3. The number of alkyl halides is 3. The average Bonchev–Trinajstić information content (AvgIpc) is 3.86. The number of carbonyl (C=O) groups is 6. The summed E-state index contributed by atoms with van der Waals surface area (Å²) in [6.07, 6.45) is 2.66. The number of amides is 5. The van der Waals surface area contributed by atoms with Crippen LogP contribution in [-0.4, -0.2) is 99.8 Å². The molecule has 5 amide bonds. The Morgan fingerprint density at radius 3 is 2.19 bits per heavy atom. The number of nitrogens with zero attached hydrogens (tertiary/aromatic N) is 5. The molecule has 14 nitrogen and oxygen atoms in total. The molecule has 19 heteroatoms. The molecule has 6 aliphatic heterocycles. The minimum atomic E-state index is -4.80. The van der Waals surface area contributed by atoms with Gasteiger partial charge in [-0.15, -0.1) is 0 Å². The zero-order chi connectivity index (χ0) is 47.4. The van der Waals surface area contributed by atoms with E-state index in [-0.39, 0.29) is 50.9 Å². The van der Waals surface area contributed by atoms with E-state index in [1.54, 1.807) is 36.9 Å². The van der Waals surface area contributed by atoms with E-state index < -0.39 is 80.4 Å². The molecule has 7 aliphatic rings. The first-order valence-corrected chi connectivity index (χ1v) is 24.1. The topological polar surface area (TPSA) is 172 Å². The third-order valence-corrected chi connectivity index (χ3v) is 17.8. The van der Waals surface area contributed by atoms with Gasteiger partial charge in [0.15, 0.2) is 0 Å². The third-order valence-electron chi connectivity index (χ3n) is 15.6. The maximum absolute atomic E-state index is 15.9. The summed E-state index contributed by atoms with van der Waals surface area (Å²) in [6, 6.07) is 11.6. The summed E-state index contributed by atoms with van der Waals surface area (Å²) in [5.41, 5.74) is -1.65. The van der Waals surface area contributed by atoms with Gasteiger partial charge in [-0.25, -0.2) is 4.39 Å². The number of benzene rings is 3. The summed E-state index contributed by atoms with van der Waals surface area (Å²) in [5.74, 6) is -2.76. The number of hydrogen-bond acceptors (Lipinski definition) is 11. The lowest BCUT2D eigenvalue weighted by Gasteiger charge is -2.49. The fourth-order valence-electron chi connectivity index (χ4n) is 11.5. The van der Waals surface area contributed by atoms with Crippen LogP contribution in [0.4, 0.5) is 23.2 Å². The fraction of sp³-hybridized carbons (Fsp3) is 0.479. The van der Waals surface area contributed by atoms with Crippen molar-refractivity contribution in [3.8, 4) is 11.8 Å². The highest BCUT2D eigenvalue weighted by Gasteiger charge is 2.51. The first-order valence-electron chi connectivity index (χ1n) is 22.7. The molecule has 2 spiro atoms. The zero-order valence-electron chi connectivity index (χ0n) is 36.9. The zero-order valence-corrected chi connectivity index (χ0v) is 37.8. The van der Waals surface area contributed by atoms with Gasteiger partial charge in [0.25, 0.3) is 17.7 Å². The number of likely N-dealkylation sites (tertiary alicyclic amines) is 2. The number of fused-ring (bicyclic) bond motifs is 3. The molecule has 3 aromatic rings. The second-order valence-electron chi connectivity index (χ2n) is 19.6. The Hall–Kier alpha value is -5.84. The Balaban J connectivity index is 0.732. The standard InChI is InChI=1S/C48H49F4N7O7S/c1-45(2)44(65)67(30-5-3-27(25-53)34(22-30)48(50,51)52)55-59(45)29-4-6-31(36(49)21-29)41(62)57-17-13-46(14-18-57)11-9-28(10-12-46)56-19-15-47(16-20-56)26-66-38-24-33-32(23-35(38)47)42(63)58(43(33)64)37-7-8-39(60)54-40(37)61/h3-6,21-24,28,37,55,67H,7-20,26H2,1-2H3,(H,54,60,61). The van der Waals surface area contributed by atoms with E-state index in [1.165, 1.54) is 23.2 Å². The summed E-state index contributed by atoms with van der Waals surface area (Å²) in [4.78, 5) is 87.0. The van der Waals surface area contributed by atoms with Crippen molar-refractivity contribution in [3.63, 3.8) is 0 Å². The maximum Gasteiger partial charge on any atom is 0.417 e. The smallest absolute Gasteiger partial charge is 0.417 e. The van der Waals surface area contributed by atoms with Crippen molar-refractivity contribution in [3.05, 3.63) is 87.7 Å². The van der Waals surface area contributed by atoms with Gasteiger partial charge in [-0.05, 0) is 139 Å². The van der Waals surface area contributed by atoms with Crippen LogP contribution in [0.5, 0.6) is 5.75 Å². The van der Waals surface area contributed by atoms with Crippen molar-refractivity contribution in [2.24, 2.45) is 5.41 Å². The first-order chi connectivity index (χ1) is 31.8. The molecule has 352 valence electrons. The van der Waals surface area contributed by atoms with Gasteiger partial charge in [0.05, 0.1) is 46.2 Å². The fourth-order valence-corrected chi connectivity index (χ4v) is 13.6. The van der Waals surface area contributed by atoms with Crippen LogP contribution in [-0.2, 0) is 26.0 Å². The average molecular weight is 944 g/mol. The van der Waals surface area contributed by atoms with Gasteiger partial charge in [-0.3, -0.25) is 44.0 Å². The number of nitriles is 1. The lowest BCUT2D eigenvalue weighted by molar-refractivity contribution is -0.138. The highest BCUT2D eigenvalue weighted by Crippen LogP contribution is 2.52. The highest BCUT2D eigenvalue weighted by atomic mass is 32.2. The lowest BCUT2D eigenvalue weighted by Crippen LogP contribution is -2.54. The van der Waals surface area contributed by atoms with E-state index in [9.17, 15) is 47.2 Å². The molecule has 6 heterocycles. The Morgan fingerprint density at radius 2 is 1.55 bits per heavy atom. The first kappa shape index (κ1) is 45.0. The van der Waals surface area contributed by atoms with Crippen LogP contribution in [0.3, 0.4) is 0 Å². The van der Waals surface area contributed by atoms with Gasteiger partial charge < -0.3 is 14.5 Å². The van der Waals surface area contributed by atoms with Crippen molar-refractivity contribution < 1.29 is 51.1 Å².